The van der Waals surface area contributed by atoms with Gasteiger partial charge in [0.1, 0.15) is 11.5 Å². The predicted molar refractivity (Wildman–Crippen MR) is 56.6 cm³/mol. The van der Waals surface area contributed by atoms with E-state index in [0.717, 1.165) is 5.56 Å². The molecule has 0 fully saturated rings. The molecule has 1 rings (SSSR count). The van der Waals surface area contributed by atoms with Crippen LogP contribution < -0.4 is 4.74 Å². The fourth-order valence-corrected chi connectivity index (χ4v) is 1.39. The minimum atomic E-state index is -5.52. The van der Waals surface area contributed by atoms with Gasteiger partial charge in [-0.25, -0.2) is 0 Å². The third-order valence-electron chi connectivity index (χ3n) is 2.21. The average molecular weight is 284 g/mol. The van der Waals surface area contributed by atoms with E-state index >= 15 is 0 Å². The third kappa shape index (κ3) is 4.18. The number of hydrogen-bond donors (Lipinski definition) is 0. The van der Waals surface area contributed by atoms with E-state index in [9.17, 15) is 26.3 Å². The smallest absolute Gasteiger partial charge is 0.424 e. The minimum Gasteiger partial charge on any atom is -0.461 e. The van der Waals surface area contributed by atoms with Crippen molar-refractivity contribution < 1.29 is 31.1 Å². The molecule has 0 amide bonds. The van der Waals surface area contributed by atoms with Crippen LogP contribution in [0.3, 0.4) is 0 Å². The van der Waals surface area contributed by atoms with Gasteiger partial charge in [-0.3, -0.25) is 0 Å². The van der Waals surface area contributed by atoms with Gasteiger partial charge in [0.2, 0.25) is 0 Å². The van der Waals surface area contributed by atoms with Crippen LogP contribution in [0, 0.1) is 6.92 Å². The van der Waals surface area contributed by atoms with Crippen LogP contribution in [-0.4, -0.2) is 12.4 Å². The van der Waals surface area contributed by atoms with Crippen LogP contribution >= 0.6 is 0 Å². The number of hydrogen-bond acceptors (Lipinski definition) is 1. The number of aryl methyl sites for hydroxylation is 1. The van der Waals surface area contributed by atoms with E-state index in [0.29, 0.717) is 6.92 Å². The number of halogens is 6. The highest BCUT2D eigenvalue weighted by molar-refractivity contribution is 5.29. The van der Waals surface area contributed by atoms with E-state index in [-0.39, 0.29) is 5.75 Å². The Kier molecular flexibility index (Phi) is 4.17. The second kappa shape index (κ2) is 5.14. The van der Waals surface area contributed by atoms with Crippen LogP contribution in [0.2, 0.25) is 0 Å². The first-order valence-electron chi connectivity index (χ1n) is 5.11. The zero-order valence-corrected chi connectivity index (χ0v) is 9.99. The van der Waals surface area contributed by atoms with E-state index in [2.05, 4.69) is 4.74 Å². The van der Waals surface area contributed by atoms with Crippen LogP contribution in [0.25, 0.3) is 0 Å². The summed E-state index contributed by atoms with van der Waals surface area (Å²) < 4.78 is 78.9. The van der Waals surface area contributed by atoms with Crippen molar-refractivity contribution in [3.63, 3.8) is 0 Å². The lowest BCUT2D eigenvalue weighted by atomic mass is 10.2. The quantitative estimate of drug-likeness (QED) is 0.561. The van der Waals surface area contributed by atoms with Gasteiger partial charge in [0.15, 0.2) is 5.57 Å². The van der Waals surface area contributed by atoms with Crippen molar-refractivity contribution in [3.8, 4) is 5.75 Å². The van der Waals surface area contributed by atoms with Crippen LogP contribution in [0.15, 0.2) is 35.6 Å². The highest BCUT2D eigenvalue weighted by Crippen LogP contribution is 2.40. The normalized spacial score (nSPS) is 12.2. The van der Waals surface area contributed by atoms with Crippen molar-refractivity contribution in [3.05, 3.63) is 41.2 Å². The highest BCUT2D eigenvalue weighted by atomic mass is 19.4. The van der Waals surface area contributed by atoms with Crippen molar-refractivity contribution in [2.24, 2.45) is 0 Å². The van der Waals surface area contributed by atoms with Gasteiger partial charge in [0.25, 0.3) is 0 Å². The molecule has 0 saturated heterocycles. The maximum atomic E-state index is 12.4. The third-order valence-corrected chi connectivity index (χ3v) is 2.21. The summed E-state index contributed by atoms with van der Waals surface area (Å²) in [5, 5.41) is 0. The molecule has 0 aliphatic heterocycles. The molecule has 0 aliphatic carbocycles. The maximum Gasteiger partial charge on any atom is 0.424 e. The molecule has 0 aliphatic rings. The molecule has 1 aromatic carbocycles. The lowest BCUT2D eigenvalue weighted by Crippen LogP contribution is -2.28. The molecule has 106 valence electrons. The Balaban J connectivity index is 3.14. The van der Waals surface area contributed by atoms with Gasteiger partial charge in [-0.1, -0.05) is 17.7 Å². The molecule has 0 spiro atoms. The second-order valence-electron chi connectivity index (χ2n) is 3.84. The predicted octanol–water partition coefficient (Wildman–Crippen LogP) is 4.77. The molecule has 0 bridgehead atoms. The molecular formula is C12H10F6O. The largest absolute Gasteiger partial charge is 0.461 e. The average Bonchev–Trinajstić information content (AvgIpc) is 2.16. The van der Waals surface area contributed by atoms with Gasteiger partial charge >= 0.3 is 12.4 Å². The first kappa shape index (κ1) is 15.4. The lowest BCUT2D eigenvalue weighted by Gasteiger charge is -2.18. The Morgan fingerprint density at radius 3 is 1.68 bits per heavy atom. The van der Waals surface area contributed by atoms with Crippen molar-refractivity contribution >= 4 is 0 Å². The number of ether oxygens (including phenoxy) is 1. The molecule has 0 saturated carbocycles. The van der Waals surface area contributed by atoms with Crippen LogP contribution in [0.5, 0.6) is 5.75 Å². The number of benzene rings is 1. The highest BCUT2D eigenvalue weighted by Gasteiger charge is 2.53. The SMILES string of the molecule is CC(Oc1ccc(C)cc1)=C(C(F)(F)F)C(F)(F)F. The van der Waals surface area contributed by atoms with Gasteiger partial charge in [0, 0.05) is 0 Å². The number of rotatable bonds is 2. The van der Waals surface area contributed by atoms with Gasteiger partial charge in [-0.15, -0.1) is 0 Å². The van der Waals surface area contributed by atoms with Crippen molar-refractivity contribution in [2.75, 3.05) is 0 Å². The Hall–Kier alpha value is -1.66. The molecule has 1 nitrogen and oxygen atoms in total. The van der Waals surface area contributed by atoms with Gasteiger partial charge in [0.05, 0.1) is 0 Å². The summed E-state index contributed by atoms with van der Waals surface area (Å²) in [5.41, 5.74) is -1.83. The minimum absolute atomic E-state index is 0.0888. The zero-order chi connectivity index (χ0) is 14.8. The topological polar surface area (TPSA) is 9.23 Å². The zero-order valence-electron chi connectivity index (χ0n) is 9.99. The molecule has 0 aromatic heterocycles. The summed E-state index contributed by atoms with van der Waals surface area (Å²) in [5.74, 6) is -1.32. The summed E-state index contributed by atoms with van der Waals surface area (Å²) in [7, 11) is 0. The molecule has 7 heteroatoms. The van der Waals surface area contributed by atoms with Crippen molar-refractivity contribution in [2.45, 2.75) is 26.2 Å². The first-order chi connectivity index (χ1) is 8.51. The van der Waals surface area contributed by atoms with E-state index in [1.807, 2.05) is 0 Å². The first-order valence-corrected chi connectivity index (χ1v) is 5.11. The van der Waals surface area contributed by atoms with Crippen LogP contribution in [-0.2, 0) is 0 Å². The molecule has 0 radical (unpaired) electrons. The summed E-state index contributed by atoms with van der Waals surface area (Å²) in [4.78, 5) is 0. The Morgan fingerprint density at radius 2 is 1.32 bits per heavy atom. The van der Waals surface area contributed by atoms with Gasteiger partial charge < -0.3 is 4.74 Å². The fraction of sp³-hybridized carbons (Fsp3) is 0.333. The Morgan fingerprint density at radius 1 is 0.895 bits per heavy atom. The molecule has 0 heterocycles. The standard InChI is InChI=1S/C12H10F6O/c1-7-3-5-9(6-4-7)19-8(2)10(11(13,14)15)12(16,17)18/h3-6H,1-2H3. The lowest BCUT2D eigenvalue weighted by molar-refractivity contribution is -0.175. The summed E-state index contributed by atoms with van der Waals surface area (Å²) in [6.07, 6.45) is -11.0. The van der Waals surface area contributed by atoms with Crippen molar-refractivity contribution in [1.29, 1.82) is 0 Å². The Bertz CT molecular complexity index is 450. The number of allylic oxidation sites excluding steroid dienone is 2. The summed E-state index contributed by atoms with van der Waals surface area (Å²) >= 11 is 0. The van der Waals surface area contributed by atoms with E-state index < -0.39 is 23.7 Å². The van der Waals surface area contributed by atoms with Gasteiger partial charge in [-0.2, -0.15) is 26.3 Å². The molecule has 0 N–H and O–H groups in total. The van der Waals surface area contributed by atoms with Crippen molar-refractivity contribution in [1.82, 2.24) is 0 Å². The van der Waals surface area contributed by atoms with Crippen LogP contribution in [0.1, 0.15) is 12.5 Å². The second-order valence-corrected chi connectivity index (χ2v) is 3.84. The fourth-order valence-electron chi connectivity index (χ4n) is 1.39. The summed E-state index contributed by atoms with van der Waals surface area (Å²) in [6.45, 7) is 2.36. The monoisotopic (exact) mass is 284 g/mol. The van der Waals surface area contributed by atoms with Gasteiger partial charge in [-0.05, 0) is 26.0 Å². The maximum absolute atomic E-state index is 12.4. The summed E-state index contributed by atoms with van der Waals surface area (Å²) in [6, 6.07) is 5.62. The molecule has 1 aromatic rings. The molecule has 0 atom stereocenters. The van der Waals surface area contributed by atoms with E-state index in [4.69, 9.17) is 0 Å². The Labute approximate surface area is 105 Å². The molecular weight excluding hydrogens is 274 g/mol. The van der Waals surface area contributed by atoms with E-state index in [1.165, 1.54) is 24.3 Å². The number of alkyl halides is 6. The molecule has 0 unspecified atom stereocenters. The van der Waals surface area contributed by atoms with E-state index in [1.54, 1.807) is 6.92 Å². The molecule has 19 heavy (non-hydrogen) atoms. The van der Waals surface area contributed by atoms with Crippen LogP contribution in [0.4, 0.5) is 26.3 Å².